The highest BCUT2D eigenvalue weighted by Crippen LogP contribution is 2.14. The number of nitrogens with one attached hydrogen (secondary N) is 2. The van der Waals surface area contributed by atoms with Crippen LogP contribution in [0.1, 0.15) is 36.4 Å². The predicted octanol–water partition coefficient (Wildman–Crippen LogP) is 1.50. The van der Waals surface area contributed by atoms with Crippen molar-refractivity contribution in [1.82, 2.24) is 30.2 Å². The molecule has 0 aromatic carbocycles. The summed E-state index contributed by atoms with van der Waals surface area (Å²) < 4.78 is 3.77. The van der Waals surface area contributed by atoms with Crippen molar-refractivity contribution >= 4 is 5.96 Å². The number of hydrogen-bond acceptors (Lipinski definition) is 3. The topological polar surface area (TPSA) is 72.1 Å². The van der Waals surface area contributed by atoms with Gasteiger partial charge in [0.2, 0.25) is 0 Å². The minimum atomic E-state index is 0.276. The standard InChI is InChI=1S/C18H31N7/c1-7-19-18(20-9-8-16-11-21-24(5)12-16)22-13(2)10-17-14(3)23-25(6)15(17)4/h11-13H,7-10H2,1-6H3,(H2,19,20,22). The second kappa shape index (κ2) is 8.69. The number of hydrogen-bond donors (Lipinski definition) is 2. The molecule has 2 aromatic rings. The zero-order valence-electron chi connectivity index (χ0n) is 16.3. The highest BCUT2D eigenvalue weighted by molar-refractivity contribution is 5.80. The average molecular weight is 345 g/mol. The minimum Gasteiger partial charge on any atom is -0.357 e. The van der Waals surface area contributed by atoms with Crippen LogP contribution in [0.4, 0.5) is 0 Å². The first-order valence-corrected chi connectivity index (χ1v) is 8.92. The number of guanidine groups is 1. The average Bonchev–Trinajstić information content (AvgIpc) is 3.06. The molecular weight excluding hydrogens is 314 g/mol. The minimum absolute atomic E-state index is 0.276. The van der Waals surface area contributed by atoms with Crippen molar-refractivity contribution in [3.05, 3.63) is 34.9 Å². The molecule has 2 rings (SSSR count). The zero-order valence-corrected chi connectivity index (χ0v) is 16.3. The first kappa shape index (κ1) is 19.0. The molecule has 7 heteroatoms. The van der Waals surface area contributed by atoms with E-state index in [9.17, 15) is 0 Å². The molecule has 0 saturated carbocycles. The van der Waals surface area contributed by atoms with Gasteiger partial charge in [0.15, 0.2) is 5.96 Å². The Labute approximate surface area is 150 Å². The fourth-order valence-electron chi connectivity index (χ4n) is 2.92. The summed E-state index contributed by atoms with van der Waals surface area (Å²) in [7, 11) is 3.93. The van der Waals surface area contributed by atoms with Crippen LogP contribution in [0.2, 0.25) is 0 Å². The first-order valence-electron chi connectivity index (χ1n) is 8.92. The van der Waals surface area contributed by atoms with Crippen LogP contribution in [0.3, 0.4) is 0 Å². The highest BCUT2D eigenvalue weighted by Gasteiger charge is 2.13. The third kappa shape index (κ3) is 5.34. The summed E-state index contributed by atoms with van der Waals surface area (Å²) in [5.74, 6) is 0.859. The van der Waals surface area contributed by atoms with Crippen molar-refractivity contribution in [3.63, 3.8) is 0 Å². The summed E-state index contributed by atoms with van der Waals surface area (Å²) in [4.78, 5) is 4.69. The number of nitrogens with zero attached hydrogens (tertiary/aromatic N) is 5. The second-order valence-electron chi connectivity index (χ2n) is 6.56. The Morgan fingerprint density at radius 2 is 2.08 bits per heavy atom. The molecule has 138 valence electrons. The quantitative estimate of drug-likeness (QED) is 0.589. The lowest BCUT2D eigenvalue weighted by Gasteiger charge is -2.18. The molecule has 0 aliphatic carbocycles. The largest absolute Gasteiger partial charge is 0.357 e. The van der Waals surface area contributed by atoms with Crippen LogP contribution >= 0.6 is 0 Å². The monoisotopic (exact) mass is 345 g/mol. The smallest absolute Gasteiger partial charge is 0.191 e. The van der Waals surface area contributed by atoms with E-state index in [1.807, 2.05) is 35.9 Å². The van der Waals surface area contributed by atoms with Crippen LogP contribution in [0.25, 0.3) is 0 Å². The van der Waals surface area contributed by atoms with Crippen LogP contribution in [0.5, 0.6) is 0 Å². The summed E-state index contributed by atoms with van der Waals surface area (Å²) in [6.07, 6.45) is 5.75. The third-order valence-corrected chi connectivity index (χ3v) is 4.33. The molecule has 0 bridgehead atoms. The van der Waals surface area contributed by atoms with Crippen molar-refractivity contribution in [2.24, 2.45) is 19.1 Å². The maximum atomic E-state index is 4.69. The second-order valence-corrected chi connectivity index (χ2v) is 6.56. The van der Waals surface area contributed by atoms with E-state index in [0.717, 1.165) is 37.6 Å². The van der Waals surface area contributed by atoms with E-state index in [1.54, 1.807) is 0 Å². The van der Waals surface area contributed by atoms with Gasteiger partial charge in [-0.3, -0.25) is 14.4 Å². The fourth-order valence-corrected chi connectivity index (χ4v) is 2.92. The normalized spacial score (nSPS) is 13.1. The van der Waals surface area contributed by atoms with Gasteiger partial charge >= 0.3 is 0 Å². The lowest BCUT2D eigenvalue weighted by atomic mass is 10.1. The van der Waals surface area contributed by atoms with Crippen LogP contribution in [0.15, 0.2) is 17.4 Å². The van der Waals surface area contributed by atoms with Gasteiger partial charge in [-0.15, -0.1) is 0 Å². The Bertz CT molecular complexity index is 711. The van der Waals surface area contributed by atoms with Crippen molar-refractivity contribution < 1.29 is 0 Å². The lowest BCUT2D eigenvalue weighted by Crippen LogP contribution is -2.43. The summed E-state index contributed by atoms with van der Waals surface area (Å²) in [6.45, 7) is 10.0. The number of rotatable bonds is 7. The van der Waals surface area contributed by atoms with Gasteiger partial charge in [-0.05, 0) is 51.7 Å². The molecule has 7 nitrogen and oxygen atoms in total. The molecule has 1 unspecified atom stereocenters. The van der Waals surface area contributed by atoms with E-state index in [0.29, 0.717) is 0 Å². The zero-order chi connectivity index (χ0) is 18.4. The van der Waals surface area contributed by atoms with Gasteiger partial charge in [-0.2, -0.15) is 10.2 Å². The number of aryl methyl sites for hydroxylation is 3. The van der Waals surface area contributed by atoms with Gasteiger partial charge < -0.3 is 10.6 Å². The predicted molar refractivity (Wildman–Crippen MR) is 102 cm³/mol. The molecule has 2 N–H and O–H groups in total. The van der Waals surface area contributed by atoms with Gasteiger partial charge in [0.1, 0.15) is 0 Å². The van der Waals surface area contributed by atoms with Crippen LogP contribution in [-0.4, -0.2) is 44.7 Å². The van der Waals surface area contributed by atoms with E-state index in [2.05, 4.69) is 53.5 Å². The van der Waals surface area contributed by atoms with Gasteiger partial charge in [-0.1, -0.05) is 0 Å². The fraction of sp³-hybridized carbons (Fsp3) is 0.611. The number of aliphatic imine (C=N–C) groups is 1. The maximum absolute atomic E-state index is 4.69. The van der Waals surface area contributed by atoms with E-state index < -0.39 is 0 Å². The van der Waals surface area contributed by atoms with Crippen molar-refractivity contribution in [2.75, 3.05) is 13.1 Å². The summed E-state index contributed by atoms with van der Waals surface area (Å²) in [5, 5.41) is 15.5. The first-order chi connectivity index (χ1) is 11.9. The third-order valence-electron chi connectivity index (χ3n) is 4.33. The molecule has 2 heterocycles. The summed E-state index contributed by atoms with van der Waals surface area (Å²) >= 11 is 0. The molecule has 25 heavy (non-hydrogen) atoms. The lowest BCUT2D eigenvalue weighted by molar-refractivity contribution is 0.635. The molecule has 0 aliphatic heterocycles. The Hall–Kier alpha value is -2.31. The van der Waals surface area contributed by atoms with Gasteiger partial charge in [-0.25, -0.2) is 0 Å². The van der Waals surface area contributed by atoms with E-state index in [1.165, 1.54) is 16.8 Å². The van der Waals surface area contributed by atoms with Crippen molar-refractivity contribution in [3.8, 4) is 0 Å². The van der Waals surface area contributed by atoms with Crippen LogP contribution < -0.4 is 10.6 Å². The molecular formula is C18H31N7. The van der Waals surface area contributed by atoms with Gasteiger partial charge in [0, 0.05) is 45.1 Å². The summed E-state index contributed by atoms with van der Waals surface area (Å²) in [6, 6.07) is 0.276. The Morgan fingerprint density at radius 1 is 1.32 bits per heavy atom. The summed E-state index contributed by atoms with van der Waals surface area (Å²) in [5.41, 5.74) is 4.85. The molecule has 0 radical (unpaired) electrons. The maximum Gasteiger partial charge on any atom is 0.191 e. The molecule has 1 atom stereocenters. The molecule has 0 amide bonds. The molecule has 2 aromatic heterocycles. The van der Waals surface area contributed by atoms with E-state index in [4.69, 9.17) is 0 Å². The van der Waals surface area contributed by atoms with E-state index >= 15 is 0 Å². The highest BCUT2D eigenvalue weighted by atomic mass is 15.3. The molecule has 0 saturated heterocycles. The van der Waals surface area contributed by atoms with Gasteiger partial charge in [0.05, 0.1) is 11.9 Å². The Morgan fingerprint density at radius 3 is 2.64 bits per heavy atom. The number of aromatic nitrogens is 4. The SMILES string of the molecule is CCNC(=NCCc1cnn(C)c1)NC(C)Cc1c(C)nn(C)c1C. The van der Waals surface area contributed by atoms with E-state index in [-0.39, 0.29) is 6.04 Å². The van der Waals surface area contributed by atoms with Crippen molar-refractivity contribution in [1.29, 1.82) is 0 Å². The van der Waals surface area contributed by atoms with Gasteiger partial charge in [0.25, 0.3) is 0 Å². The molecule has 0 spiro atoms. The van der Waals surface area contributed by atoms with Crippen LogP contribution in [-0.2, 0) is 26.9 Å². The Balaban J connectivity index is 1.93. The molecule has 0 aliphatic rings. The van der Waals surface area contributed by atoms with Crippen molar-refractivity contribution in [2.45, 2.75) is 46.6 Å². The molecule has 0 fully saturated rings. The Kier molecular flexibility index (Phi) is 6.61. The van der Waals surface area contributed by atoms with Crippen LogP contribution in [0, 0.1) is 13.8 Å².